The van der Waals surface area contributed by atoms with Gasteiger partial charge in [-0.05, 0) is 19.8 Å². The first kappa shape index (κ1) is 10.9. The van der Waals surface area contributed by atoms with Gasteiger partial charge < -0.3 is 11.1 Å². The number of hydrogen-bond donors (Lipinski definition) is 3. The van der Waals surface area contributed by atoms with E-state index < -0.39 is 11.9 Å². The van der Waals surface area contributed by atoms with E-state index in [1.165, 1.54) is 0 Å². The van der Waals surface area contributed by atoms with E-state index in [1.54, 1.807) is 6.92 Å². The molecule has 1 rings (SSSR count). The standard InChI is InChI=1S/C8H15N3O3/c1-5(11-14-4-7(9)12)8(13)10-6-2-3-6/h5-6,11H,2-4H2,1H3,(H2,9,12)(H,10,13). The molecule has 4 N–H and O–H groups in total. The second-order valence-electron chi connectivity index (χ2n) is 3.38. The third-order valence-corrected chi connectivity index (χ3v) is 1.79. The highest BCUT2D eigenvalue weighted by Crippen LogP contribution is 2.18. The van der Waals surface area contributed by atoms with Crippen LogP contribution in [0.25, 0.3) is 0 Å². The molecule has 1 aliphatic carbocycles. The van der Waals surface area contributed by atoms with Gasteiger partial charge in [0.2, 0.25) is 11.8 Å². The first-order valence-corrected chi connectivity index (χ1v) is 4.55. The summed E-state index contributed by atoms with van der Waals surface area (Å²) in [5, 5.41) is 2.79. The Kier molecular flexibility index (Phi) is 3.84. The predicted molar refractivity (Wildman–Crippen MR) is 48.9 cm³/mol. The number of nitrogens with one attached hydrogen (secondary N) is 2. The van der Waals surface area contributed by atoms with Gasteiger partial charge in [0.1, 0.15) is 12.6 Å². The van der Waals surface area contributed by atoms with Crippen molar-refractivity contribution in [3.05, 3.63) is 0 Å². The van der Waals surface area contributed by atoms with Gasteiger partial charge in [-0.15, -0.1) is 0 Å². The lowest BCUT2D eigenvalue weighted by Gasteiger charge is -2.12. The number of amides is 2. The van der Waals surface area contributed by atoms with E-state index in [9.17, 15) is 9.59 Å². The largest absolute Gasteiger partial charge is 0.368 e. The van der Waals surface area contributed by atoms with E-state index >= 15 is 0 Å². The summed E-state index contributed by atoms with van der Waals surface area (Å²) in [6.45, 7) is 1.42. The van der Waals surface area contributed by atoms with Gasteiger partial charge in [0, 0.05) is 6.04 Å². The van der Waals surface area contributed by atoms with Gasteiger partial charge in [0.15, 0.2) is 0 Å². The van der Waals surface area contributed by atoms with Crippen LogP contribution in [-0.2, 0) is 14.4 Å². The van der Waals surface area contributed by atoms with Crippen LogP contribution in [0.15, 0.2) is 0 Å². The van der Waals surface area contributed by atoms with Crippen molar-refractivity contribution in [2.24, 2.45) is 5.73 Å². The molecule has 1 fully saturated rings. The molecule has 0 heterocycles. The Labute approximate surface area is 82.1 Å². The van der Waals surface area contributed by atoms with Gasteiger partial charge in [-0.3, -0.25) is 14.4 Å². The molecule has 0 aromatic heterocycles. The summed E-state index contributed by atoms with van der Waals surface area (Å²) in [5.74, 6) is -0.704. The fourth-order valence-electron chi connectivity index (χ4n) is 0.845. The van der Waals surface area contributed by atoms with Gasteiger partial charge in [0.25, 0.3) is 0 Å². The molecule has 1 aliphatic rings. The second kappa shape index (κ2) is 4.92. The Morgan fingerprint density at radius 1 is 1.57 bits per heavy atom. The fraction of sp³-hybridized carbons (Fsp3) is 0.750. The normalized spacial score (nSPS) is 17.5. The number of hydrogen-bond acceptors (Lipinski definition) is 4. The molecule has 0 radical (unpaired) electrons. The molecule has 0 aliphatic heterocycles. The Morgan fingerprint density at radius 3 is 2.71 bits per heavy atom. The molecule has 0 bridgehead atoms. The lowest BCUT2D eigenvalue weighted by Crippen LogP contribution is -2.43. The number of rotatable bonds is 6. The summed E-state index contributed by atoms with van der Waals surface area (Å²) >= 11 is 0. The van der Waals surface area contributed by atoms with Crippen LogP contribution < -0.4 is 16.5 Å². The van der Waals surface area contributed by atoms with Gasteiger partial charge >= 0.3 is 0 Å². The van der Waals surface area contributed by atoms with E-state index in [0.29, 0.717) is 6.04 Å². The van der Waals surface area contributed by atoms with Crippen LogP contribution in [0.3, 0.4) is 0 Å². The summed E-state index contributed by atoms with van der Waals surface area (Å²) in [5.41, 5.74) is 7.28. The molecule has 6 heteroatoms. The number of carbonyl (C=O) groups excluding carboxylic acids is 2. The predicted octanol–water partition coefficient (Wildman–Crippen LogP) is -1.34. The summed E-state index contributed by atoms with van der Waals surface area (Å²) < 4.78 is 0. The maximum Gasteiger partial charge on any atom is 0.245 e. The lowest BCUT2D eigenvalue weighted by molar-refractivity contribution is -0.132. The van der Waals surface area contributed by atoms with Crippen LogP contribution in [0.2, 0.25) is 0 Å². The highest BCUT2D eigenvalue weighted by atomic mass is 16.6. The maximum absolute atomic E-state index is 11.3. The highest BCUT2D eigenvalue weighted by Gasteiger charge is 2.25. The molecule has 0 aromatic carbocycles. The summed E-state index contributed by atoms with van der Waals surface area (Å²) in [6.07, 6.45) is 2.08. The Morgan fingerprint density at radius 2 is 2.21 bits per heavy atom. The summed E-state index contributed by atoms with van der Waals surface area (Å²) in [4.78, 5) is 26.3. The SMILES string of the molecule is CC(NOCC(N)=O)C(=O)NC1CC1. The first-order valence-electron chi connectivity index (χ1n) is 4.55. The van der Waals surface area contributed by atoms with Crippen LogP contribution in [-0.4, -0.2) is 30.5 Å². The topological polar surface area (TPSA) is 93.4 Å². The Balaban J connectivity index is 2.09. The second-order valence-corrected chi connectivity index (χ2v) is 3.38. The van der Waals surface area contributed by atoms with E-state index in [1.807, 2.05) is 0 Å². The molecule has 6 nitrogen and oxygen atoms in total. The van der Waals surface area contributed by atoms with E-state index in [0.717, 1.165) is 12.8 Å². The zero-order valence-corrected chi connectivity index (χ0v) is 8.08. The van der Waals surface area contributed by atoms with E-state index in [-0.39, 0.29) is 12.5 Å². The average molecular weight is 201 g/mol. The molecule has 1 unspecified atom stereocenters. The number of carbonyl (C=O) groups is 2. The van der Waals surface area contributed by atoms with Gasteiger partial charge in [-0.1, -0.05) is 0 Å². The zero-order valence-electron chi connectivity index (χ0n) is 8.08. The van der Waals surface area contributed by atoms with Crippen LogP contribution in [0, 0.1) is 0 Å². The summed E-state index contributed by atoms with van der Waals surface area (Å²) in [6, 6.07) is -0.155. The quantitative estimate of drug-likeness (QED) is 0.464. The van der Waals surface area contributed by atoms with Crippen molar-refractivity contribution in [1.82, 2.24) is 10.8 Å². The minimum atomic E-state index is -0.577. The molecule has 1 saturated carbocycles. The van der Waals surface area contributed by atoms with Crippen LogP contribution >= 0.6 is 0 Å². The summed E-state index contributed by atoms with van der Waals surface area (Å²) in [7, 11) is 0. The van der Waals surface area contributed by atoms with E-state index in [2.05, 4.69) is 10.8 Å². The molecule has 0 spiro atoms. The molecule has 2 amide bonds. The Bertz CT molecular complexity index is 228. The maximum atomic E-state index is 11.3. The van der Waals surface area contributed by atoms with Crippen molar-refractivity contribution in [3.8, 4) is 0 Å². The fourth-order valence-corrected chi connectivity index (χ4v) is 0.845. The van der Waals surface area contributed by atoms with Gasteiger partial charge in [-0.25, -0.2) is 0 Å². The third kappa shape index (κ3) is 4.20. The van der Waals surface area contributed by atoms with Crippen molar-refractivity contribution in [1.29, 1.82) is 0 Å². The monoisotopic (exact) mass is 201 g/mol. The van der Waals surface area contributed by atoms with Gasteiger partial charge in [-0.2, -0.15) is 5.48 Å². The zero-order chi connectivity index (χ0) is 10.6. The van der Waals surface area contributed by atoms with Gasteiger partial charge in [0.05, 0.1) is 0 Å². The lowest BCUT2D eigenvalue weighted by atomic mass is 10.3. The van der Waals surface area contributed by atoms with Crippen molar-refractivity contribution < 1.29 is 14.4 Å². The minimum absolute atomic E-state index is 0.128. The van der Waals surface area contributed by atoms with Crippen molar-refractivity contribution in [2.45, 2.75) is 31.8 Å². The first-order chi connectivity index (χ1) is 6.59. The highest BCUT2D eigenvalue weighted by molar-refractivity contribution is 5.81. The number of nitrogens with two attached hydrogens (primary N) is 1. The molecular weight excluding hydrogens is 186 g/mol. The molecule has 80 valence electrons. The van der Waals surface area contributed by atoms with Crippen molar-refractivity contribution in [2.75, 3.05) is 6.61 Å². The van der Waals surface area contributed by atoms with Crippen molar-refractivity contribution in [3.63, 3.8) is 0 Å². The number of primary amides is 1. The smallest absolute Gasteiger partial charge is 0.245 e. The van der Waals surface area contributed by atoms with Crippen LogP contribution in [0.1, 0.15) is 19.8 Å². The minimum Gasteiger partial charge on any atom is -0.368 e. The number of hydroxylamine groups is 1. The van der Waals surface area contributed by atoms with E-state index in [4.69, 9.17) is 10.6 Å². The third-order valence-electron chi connectivity index (χ3n) is 1.79. The van der Waals surface area contributed by atoms with Crippen LogP contribution in [0.4, 0.5) is 0 Å². The molecule has 14 heavy (non-hydrogen) atoms. The Hall–Kier alpha value is -1.14. The van der Waals surface area contributed by atoms with Crippen LogP contribution in [0.5, 0.6) is 0 Å². The average Bonchev–Trinajstić information content (AvgIpc) is 2.87. The molecule has 1 atom stereocenters. The van der Waals surface area contributed by atoms with Crippen molar-refractivity contribution >= 4 is 11.8 Å². The molecule has 0 saturated heterocycles. The molecule has 0 aromatic rings. The molecular formula is C8H15N3O3.